The molecule has 0 bridgehead atoms. The predicted molar refractivity (Wildman–Crippen MR) is 52.0 cm³/mol. The molecule has 13 heavy (non-hydrogen) atoms. The summed E-state index contributed by atoms with van der Waals surface area (Å²) in [5.41, 5.74) is 0. The van der Waals surface area contributed by atoms with Gasteiger partial charge in [0.1, 0.15) is 0 Å². The molecule has 2 N–H and O–H groups in total. The standard InChI is InChI=1S/C6H12BN2O3P/c10-4-3-5(11)1-2-6(12)8-7-9-13/h10H,1-4,13H2,(H,8,12). The first-order chi connectivity index (χ1) is 6.20. The molecule has 0 aliphatic heterocycles. The average molecular weight is 202 g/mol. The number of nitrogens with zero attached hydrogens (tertiary/aromatic N) is 1. The average Bonchev–Trinajstić information content (AvgIpc) is 2.12. The molecule has 0 radical (unpaired) electrons. The zero-order chi connectivity index (χ0) is 10.1. The molecular weight excluding hydrogens is 190 g/mol. The molecule has 1 atom stereocenters. The van der Waals surface area contributed by atoms with E-state index in [1.807, 2.05) is 0 Å². The molecule has 0 aliphatic carbocycles. The third kappa shape index (κ3) is 7.75. The van der Waals surface area contributed by atoms with Gasteiger partial charge in [0.05, 0.1) is 0 Å². The van der Waals surface area contributed by atoms with E-state index in [2.05, 4.69) is 19.3 Å². The van der Waals surface area contributed by atoms with Crippen molar-refractivity contribution in [3.63, 3.8) is 0 Å². The van der Waals surface area contributed by atoms with Gasteiger partial charge in [0, 0.05) is 0 Å². The molecule has 72 valence electrons. The normalized spacial score (nSPS) is 9.69. The van der Waals surface area contributed by atoms with E-state index >= 15 is 0 Å². The quantitative estimate of drug-likeness (QED) is 0.447. The van der Waals surface area contributed by atoms with Crippen LogP contribution < -0.4 is 5.23 Å². The number of Topliss-reactive ketones (excluding diaryl/α,β-unsaturated/α-hetero) is 1. The monoisotopic (exact) mass is 202 g/mol. The van der Waals surface area contributed by atoms with Crippen LogP contribution in [-0.2, 0) is 9.59 Å². The van der Waals surface area contributed by atoms with Crippen molar-refractivity contribution in [2.24, 2.45) is 4.67 Å². The number of carbonyl (C=O) groups is 2. The summed E-state index contributed by atoms with van der Waals surface area (Å²) in [5.74, 6) is -0.363. The molecule has 0 saturated carbocycles. The minimum absolute atomic E-state index is 0.111. The molecule has 7 heteroatoms. The van der Waals surface area contributed by atoms with Crippen LogP contribution in [0.25, 0.3) is 0 Å². The first-order valence-corrected chi connectivity index (χ1v) is 4.36. The van der Waals surface area contributed by atoms with E-state index in [0.29, 0.717) is 0 Å². The maximum atomic E-state index is 10.9. The number of rotatable bonds is 6. The van der Waals surface area contributed by atoms with E-state index in [9.17, 15) is 9.59 Å². The number of amides is 1. The number of aliphatic hydroxyl groups is 1. The van der Waals surface area contributed by atoms with Gasteiger partial charge in [-0.15, -0.1) is 0 Å². The van der Waals surface area contributed by atoms with Gasteiger partial charge < -0.3 is 0 Å². The summed E-state index contributed by atoms with van der Waals surface area (Å²) in [6.07, 6.45) is 0.414. The van der Waals surface area contributed by atoms with Crippen molar-refractivity contribution in [1.29, 1.82) is 0 Å². The van der Waals surface area contributed by atoms with Crippen molar-refractivity contribution in [3.05, 3.63) is 0 Å². The van der Waals surface area contributed by atoms with Crippen LogP contribution in [0.4, 0.5) is 0 Å². The first-order valence-electron chi connectivity index (χ1n) is 3.84. The van der Waals surface area contributed by atoms with Gasteiger partial charge >= 0.3 is 78.7 Å². The second kappa shape index (κ2) is 8.01. The SMILES string of the molecule is O=C(CCO)CCC(=O)NB=NP. The Hall–Kier alpha value is -0.605. The Morgan fingerprint density at radius 1 is 1.38 bits per heavy atom. The predicted octanol–water partition coefficient (Wildman–Crippen LogP) is -0.573. The molecule has 5 nitrogen and oxygen atoms in total. The van der Waals surface area contributed by atoms with Crippen molar-refractivity contribution < 1.29 is 14.7 Å². The van der Waals surface area contributed by atoms with Gasteiger partial charge in [0.15, 0.2) is 0 Å². The van der Waals surface area contributed by atoms with Crippen LogP contribution in [0.15, 0.2) is 4.67 Å². The fourth-order valence-electron chi connectivity index (χ4n) is 0.684. The Labute approximate surface area is 79.5 Å². The molecule has 1 amide bonds. The van der Waals surface area contributed by atoms with E-state index in [1.54, 1.807) is 0 Å². The number of hydrogen-bond donors (Lipinski definition) is 2. The minimum atomic E-state index is -0.252. The van der Waals surface area contributed by atoms with E-state index < -0.39 is 0 Å². The van der Waals surface area contributed by atoms with E-state index in [4.69, 9.17) is 5.11 Å². The third-order valence-corrected chi connectivity index (χ3v) is 1.47. The zero-order valence-electron chi connectivity index (χ0n) is 7.19. The second-order valence-corrected chi connectivity index (χ2v) is 2.66. The van der Waals surface area contributed by atoms with Gasteiger partial charge in [-0.1, -0.05) is 0 Å². The number of ketones is 1. The van der Waals surface area contributed by atoms with Crippen LogP contribution in [0.5, 0.6) is 0 Å². The van der Waals surface area contributed by atoms with Crippen LogP contribution >= 0.6 is 9.39 Å². The molecule has 0 aromatic carbocycles. The number of aliphatic hydroxyl groups excluding tert-OH is 1. The number of hydrogen-bond acceptors (Lipinski definition) is 4. The zero-order valence-corrected chi connectivity index (χ0v) is 8.35. The molecular formula is C6H12BN2O3P. The molecule has 1 unspecified atom stereocenters. The van der Waals surface area contributed by atoms with Crippen molar-refractivity contribution in [2.45, 2.75) is 19.3 Å². The fourth-order valence-corrected chi connectivity index (χ4v) is 0.759. The molecule has 0 spiro atoms. The molecule has 0 rings (SSSR count). The van der Waals surface area contributed by atoms with Crippen LogP contribution in [0, 0.1) is 0 Å². The van der Waals surface area contributed by atoms with Crippen molar-refractivity contribution in [2.75, 3.05) is 6.61 Å². The van der Waals surface area contributed by atoms with Crippen molar-refractivity contribution in [3.8, 4) is 0 Å². The summed E-state index contributed by atoms with van der Waals surface area (Å²) in [4.78, 5) is 21.7. The van der Waals surface area contributed by atoms with E-state index in [0.717, 1.165) is 0 Å². The molecule has 0 saturated heterocycles. The van der Waals surface area contributed by atoms with Crippen molar-refractivity contribution in [1.82, 2.24) is 5.23 Å². The van der Waals surface area contributed by atoms with Gasteiger partial charge in [-0.05, 0) is 0 Å². The number of nitrogens with one attached hydrogen (secondary N) is 1. The van der Waals surface area contributed by atoms with Crippen LogP contribution in [-0.4, -0.2) is 30.6 Å². The second-order valence-electron chi connectivity index (χ2n) is 2.36. The summed E-state index contributed by atoms with van der Waals surface area (Å²) >= 11 is 0. The topological polar surface area (TPSA) is 78.8 Å². The number of carbonyl (C=O) groups excluding carboxylic acids is 2. The van der Waals surface area contributed by atoms with Crippen LogP contribution in [0.1, 0.15) is 19.3 Å². The summed E-state index contributed by atoms with van der Waals surface area (Å²) in [5, 5.41) is 10.8. The van der Waals surface area contributed by atoms with Crippen LogP contribution in [0.2, 0.25) is 0 Å². The first kappa shape index (κ1) is 12.4. The summed E-state index contributed by atoms with van der Waals surface area (Å²) in [7, 11) is 3.31. The molecule has 0 heterocycles. The van der Waals surface area contributed by atoms with Gasteiger partial charge in [-0.2, -0.15) is 0 Å². The molecule has 0 fully saturated rings. The van der Waals surface area contributed by atoms with Gasteiger partial charge in [-0.25, -0.2) is 0 Å². The molecule has 0 aromatic heterocycles. The Morgan fingerprint density at radius 2 is 2.08 bits per heavy atom. The van der Waals surface area contributed by atoms with E-state index in [1.165, 1.54) is 7.21 Å². The molecule has 0 aromatic rings. The third-order valence-electron chi connectivity index (χ3n) is 1.32. The maximum absolute atomic E-state index is 10.9. The van der Waals surface area contributed by atoms with Crippen LogP contribution in [0.3, 0.4) is 0 Å². The Kier molecular flexibility index (Phi) is 7.64. The van der Waals surface area contributed by atoms with E-state index in [-0.39, 0.29) is 37.6 Å². The summed E-state index contributed by atoms with van der Waals surface area (Å²) in [6, 6.07) is 0. The van der Waals surface area contributed by atoms with Gasteiger partial charge in [0.2, 0.25) is 0 Å². The van der Waals surface area contributed by atoms with Gasteiger partial charge in [0.25, 0.3) is 0 Å². The summed E-state index contributed by atoms with van der Waals surface area (Å²) < 4.78 is 3.47. The fraction of sp³-hybridized carbons (Fsp3) is 0.667. The van der Waals surface area contributed by atoms with Gasteiger partial charge in [-0.3, -0.25) is 0 Å². The Bertz CT molecular complexity index is 210. The van der Waals surface area contributed by atoms with Crippen molar-refractivity contribution >= 4 is 28.3 Å². The molecule has 0 aliphatic rings. The summed E-state index contributed by atoms with van der Waals surface area (Å²) in [6.45, 7) is -0.159. The Balaban J connectivity index is 3.51. The Morgan fingerprint density at radius 3 is 2.62 bits per heavy atom.